The van der Waals surface area contributed by atoms with Gasteiger partial charge in [-0.15, -0.1) is 0 Å². The van der Waals surface area contributed by atoms with Crippen molar-refractivity contribution in [1.29, 1.82) is 0 Å². The Kier molecular flexibility index (Phi) is 4.00. The predicted molar refractivity (Wildman–Crippen MR) is 75.8 cm³/mol. The van der Waals surface area contributed by atoms with Crippen LogP contribution in [0.4, 0.5) is 0 Å². The first-order chi connectivity index (χ1) is 8.56. The molecule has 0 bridgehead atoms. The highest BCUT2D eigenvalue weighted by Gasteiger charge is 2.09. The summed E-state index contributed by atoms with van der Waals surface area (Å²) in [6, 6.07) is 10.1. The summed E-state index contributed by atoms with van der Waals surface area (Å²) < 4.78 is 0. The third-order valence-corrected chi connectivity index (χ3v) is 3.38. The van der Waals surface area contributed by atoms with Crippen LogP contribution < -0.4 is 5.73 Å². The van der Waals surface area contributed by atoms with Crippen molar-refractivity contribution >= 4 is 11.6 Å². The van der Waals surface area contributed by atoms with Crippen molar-refractivity contribution < 1.29 is 0 Å². The van der Waals surface area contributed by atoms with Crippen molar-refractivity contribution in [3.63, 3.8) is 0 Å². The molecule has 1 aromatic carbocycles. The number of aromatic nitrogens is 1. The van der Waals surface area contributed by atoms with Gasteiger partial charge in [0, 0.05) is 6.20 Å². The van der Waals surface area contributed by atoms with E-state index in [1.807, 2.05) is 12.1 Å². The van der Waals surface area contributed by atoms with E-state index in [1.165, 1.54) is 16.7 Å². The monoisotopic (exact) mass is 260 g/mol. The molecule has 2 nitrogen and oxygen atoms in total. The van der Waals surface area contributed by atoms with E-state index in [0.29, 0.717) is 5.02 Å². The van der Waals surface area contributed by atoms with Gasteiger partial charge in [0.1, 0.15) is 0 Å². The molecular weight excluding hydrogens is 244 g/mol. The molecule has 2 aromatic rings. The lowest BCUT2D eigenvalue weighted by atomic mass is 9.99. The van der Waals surface area contributed by atoms with Crippen LogP contribution in [0, 0.1) is 13.8 Å². The molecule has 0 aliphatic carbocycles. The van der Waals surface area contributed by atoms with Gasteiger partial charge in [0.15, 0.2) is 0 Å². The van der Waals surface area contributed by atoms with Crippen LogP contribution in [-0.4, -0.2) is 4.98 Å². The predicted octanol–water partition coefficient (Wildman–Crippen LogP) is 3.59. The fourth-order valence-electron chi connectivity index (χ4n) is 1.90. The molecule has 0 spiro atoms. The first-order valence-electron chi connectivity index (χ1n) is 5.99. The minimum absolute atomic E-state index is 0.0932. The van der Waals surface area contributed by atoms with E-state index in [2.05, 4.69) is 37.0 Å². The van der Waals surface area contributed by atoms with Crippen molar-refractivity contribution in [2.24, 2.45) is 5.73 Å². The second-order valence-electron chi connectivity index (χ2n) is 4.63. The normalized spacial score (nSPS) is 12.4. The van der Waals surface area contributed by atoms with E-state index in [4.69, 9.17) is 17.3 Å². The Morgan fingerprint density at radius 3 is 2.56 bits per heavy atom. The zero-order chi connectivity index (χ0) is 13.1. The molecule has 0 saturated carbocycles. The van der Waals surface area contributed by atoms with Gasteiger partial charge in [0.25, 0.3) is 0 Å². The van der Waals surface area contributed by atoms with Crippen LogP contribution in [0.3, 0.4) is 0 Å². The SMILES string of the molecule is Cc1ccc(CC(N)c2ccc(Cl)cn2)cc1C. The van der Waals surface area contributed by atoms with Crippen molar-refractivity contribution in [2.75, 3.05) is 0 Å². The summed E-state index contributed by atoms with van der Waals surface area (Å²) in [5.41, 5.74) is 10.9. The van der Waals surface area contributed by atoms with Crippen LogP contribution in [0.15, 0.2) is 36.5 Å². The Morgan fingerprint density at radius 1 is 1.17 bits per heavy atom. The summed E-state index contributed by atoms with van der Waals surface area (Å²) in [6.45, 7) is 4.23. The number of nitrogens with two attached hydrogens (primary N) is 1. The molecule has 18 heavy (non-hydrogen) atoms. The van der Waals surface area contributed by atoms with Crippen LogP contribution in [-0.2, 0) is 6.42 Å². The molecule has 0 fully saturated rings. The number of hydrogen-bond donors (Lipinski definition) is 1. The van der Waals surface area contributed by atoms with Crippen LogP contribution in [0.5, 0.6) is 0 Å². The van der Waals surface area contributed by atoms with E-state index in [1.54, 1.807) is 6.20 Å². The van der Waals surface area contributed by atoms with Gasteiger partial charge in [-0.2, -0.15) is 0 Å². The van der Waals surface area contributed by atoms with Crippen molar-refractivity contribution in [2.45, 2.75) is 26.3 Å². The highest BCUT2D eigenvalue weighted by Crippen LogP contribution is 2.18. The summed E-state index contributed by atoms with van der Waals surface area (Å²) in [7, 11) is 0. The number of benzene rings is 1. The molecule has 94 valence electrons. The molecular formula is C15H17ClN2. The first-order valence-corrected chi connectivity index (χ1v) is 6.37. The summed E-state index contributed by atoms with van der Waals surface area (Å²) in [6.07, 6.45) is 2.42. The average molecular weight is 261 g/mol. The Morgan fingerprint density at radius 2 is 1.94 bits per heavy atom. The minimum atomic E-state index is -0.0932. The van der Waals surface area contributed by atoms with Crippen LogP contribution >= 0.6 is 11.6 Å². The summed E-state index contributed by atoms with van der Waals surface area (Å²) in [4.78, 5) is 4.26. The molecule has 1 atom stereocenters. The molecule has 1 unspecified atom stereocenters. The summed E-state index contributed by atoms with van der Waals surface area (Å²) in [5.74, 6) is 0. The second-order valence-corrected chi connectivity index (χ2v) is 5.07. The van der Waals surface area contributed by atoms with Gasteiger partial charge in [0.05, 0.1) is 16.8 Å². The van der Waals surface area contributed by atoms with Crippen LogP contribution in [0.25, 0.3) is 0 Å². The van der Waals surface area contributed by atoms with Gasteiger partial charge in [-0.3, -0.25) is 4.98 Å². The van der Waals surface area contributed by atoms with Crippen molar-refractivity contribution in [1.82, 2.24) is 4.98 Å². The number of hydrogen-bond acceptors (Lipinski definition) is 2. The van der Waals surface area contributed by atoms with Crippen LogP contribution in [0.1, 0.15) is 28.4 Å². The molecule has 0 radical (unpaired) electrons. The second kappa shape index (κ2) is 5.51. The van der Waals surface area contributed by atoms with Gasteiger partial charge < -0.3 is 5.73 Å². The lowest BCUT2D eigenvalue weighted by Gasteiger charge is -2.12. The molecule has 0 aliphatic heterocycles. The number of nitrogens with zero attached hydrogens (tertiary/aromatic N) is 1. The Bertz CT molecular complexity index is 535. The zero-order valence-corrected chi connectivity index (χ0v) is 11.4. The number of aryl methyl sites for hydroxylation is 2. The topological polar surface area (TPSA) is 38.9 Å². The van der Waals surface area contributed by atoms with E-state index >= 15 is 0 Å². The van der Waals surface area contributed by atoms with Crippen molar-refractivity contribution in [3.8, 4) is 0 Å². The maximum Gasteiger partial charge on any atom is 0.0589 e. The smallest absolute Gasteiger partial charge is 0.0589 e. The molecule has 0 amide bonds. The fraction of sp³-hybridized carbons (Fsp3) is 0.267. The van der Waals surface area contributed by atoms with E-state index < -0.39 is 0 Å². The first kappa shape index (κ1) is 13.1. The molecule has 2 rings (SSSR count). The minimum Gasteiger partial charge on any atom is -0.322 e. The number of halogens is 1. The highest BCUT2D eigenvalue weighted by molar-refractivity contribution is 6.30. The largest absolute Gasteiger partial charge is 0.322 e. The number of pyridine rings is 1. The van der Waals surface area contributed by atoms with E-state index in [0.717, 1.165) is 12.1 Å². The Balaban J connectivity index is 2.13. The molecule has 2 N–H and O–H groups in total. The maximum absolute atomic E-state index is 6.16. The molecule has 3 heteroatoms. The molecule has 0 saturated heterocycles. The Hall–Kier alpha value is -1.38. The fourth-order valence-corrected chi connectivity index (χ4v) is 2.01. The van der Waals surface area contributed by atoms with Crippen molar-refractivity contribution in [3.05, 3.63) is 63.9 Å². The Labute approximate surface area is 113 Å². The quantitative estimate of drug-likeness (QED) is 0.916. The summed E-state index contributed by atoms with van der Waals surface area (Å²) >= 11 is 5.81. The molecule has 0 aliphatic rings. The lowest BCUT2D eigenvalue weighted by molar-refractivity contribution is 0.696. The standard InChI is InChI=1S/C15H17ClN2/c1-10-3-4-12(7-11(10)2)8-14(17)15-6-5-13(16)9-18-15/h3-7,9,14H,8,17H2,1-2H3. The maximum atomic E-state index is 6.16. The third kappa shape index (κ3) is 3.09. The van der Waals surface area contributed by atoms with Gasteiger partial charge in [0.2, 0.25) is 0 Å². The van der Waals surface area contributed by atoms with Gasteiger partial charge >= 0.3 is 0 Å². The van der Waals surface area contributed by atoms with E-state index in [-0.39, 0.29) is 6.04 Å². The molecule has 1 heterocycles. The highest BCUT2D eigenvalue weighted by atomic mass is 35.5. The molecule has 1 aromatic heterocycles. The van der Waals surface area contributed by atoms with Gasteiger partial charge in [-0.05, 0) is 49.1 Å². The lowest BCUT2D eigenvalue weighted by Crippen LogP contribution is -2.14. The number of rotatable bonds is 3. The van der Waals surface area contributed by atoms with Gasteiger partial charge in [-0.1, -0.05) is 29.8 Å². The zero-order valence-electron chi connectivity index (χ0n) is 10.7. The average Bonchev–Trinajstić information content (AvgIpc) is 2.34. The summed E-state index contributed by atoms with van der Waals surface area (Å²) in [5, 5.41) is 0.636. The third-order valence-electron chi connectivity index (χ3n) is 3.16. The van der Waals surface area contributed by atoms with E-state index in [9.17, 15) is 0 Å². The van der Waals surface area contributed by atoms with Gasteiger partial charge in [-0.25, -0.2) is 0 Å². The van der Waals surface area contributed by atoms with Crippen LogP contribution in [0.2, 0.25) is 5.02 Å².